The van der Waals surface area contributed by atoms with Crippen molar-refractivity contribution in [2.24, 2.45) is 0 Å². The predicted octanol–water partition coefficient (Wildman–Crippen LogP) is 4.06. The minimum Gasteiger partial charge on any atom is -0.491 e. The summed E-state index contributed by atoms with van der Waals surface area (Å²) in [6, 6.07) is 15.9. The van der Waals surface area contributed by atoms with Crippen molar-refractivity contribution in [1.29, 1.82) is 0 Å². The summed E-state index contributed by atoms with van der Waals surface area (Å²) in [5.74, 6) is 0.806. The highest BCUT2D eigenvalue weighted by Crippen LogP contribution is 2.23. The second kappa shape index (κ2) is 6.58. The van der Waals surface area contributed by atoms with Gasteiger partial charge >= 0.3 is 0 Å². The third-order valence-electron chi connectivity index (χ3n) is 3.13. The molecule has 1 atom stereocenters. The maximum absolute atomic E-state index is 10.4. The summed E-state index contributed by atoms with van der Waals surface area (Å²) < 4.78 is 5.66. The number of benzene rings is 2. The Kier molecular flexibility index (Phi) is 4.80. The van der Waals surface area contributed by atoms with Gasteiger partial charge in [-0.15, -0.1) is 0 Å². The molecule has 0 aliphatic heterocycles. The van der Waals surface area contributed by atoms with Gasteiger partial charge in [-0.05, 0) is 44.0 Å². The van der Waals surface area contributed by atoms with Gasteiger partial charge in [0, 0.05) is 6.42 Å². The number of aryl methyl sites for hydroxylation is 1. The molecule has 0 fully saturated rings. The maximum Gasteiger partial charge on any atom is 0.120 e. The molecular formula is C18H22O2. The number of hydrogen-bond donors (Lipinski definition) is 1. The maximum atomic E-state index is 10.4. The molecule has 2 aromatic carbocycles. The van der Waals surface area contributed by atoms with Crippen LogP contribution in [-0.4, -0.2) is 11.2 Å². The quantitative estimate of drug-likeness (QED) is 0.888. The molecule has 2 heteroatoms. The van der Waals surface area contributed by atoms with Gasteiger partial charge in [0.25, 0.3) is 0 Å². The Hall–Kier alpha value is -1.80. The molecule has 0 aromatic heterocycles. The van der Waals surface area contributed by atoms with E-state index in [0.29, 0.717) is 6.42 Å². The first-order valence-corrected chi connectivity index (χ1v) is 7.05. The molecule has 0 saturated heterocycles. The van der Waals surface area contributed by atoms with Crippen LogP contribution < -0.4 is 4.74 Å². The average Bonchev–Trinajstić information content (AvgIpc) is 2.38. The van der Waals surface area contributed by atoms with Gasteiger partial charge in [0.15, 0.2) is 0 Å². The van der Waals surface area contributed by atoms with Gasteiger partial charge in [-0.1, -0.05) is 42.0 Å². The van der Waals surface area contributed by atoms with Crippen LogP contribution in [0.15, 0.2) is 48.5 Å². The summed E-state index contributed by atoms with van der Waals surface area (Å²) >= 11 is 0. The third kappa shape index (κ3) is 4.10. The minimum absolute atomic E-state index is 0.138. The molecule has 2 aromatic rings. The van der Waals surface area contributed by atoms with E-state index in [4.69, 9.17) is 4.74 Å². The molecule has 2 nitrogen and oxygen atoms in total. The van der Waals surface area contributed by atoms with E-state index in [9.17, 15) is 5.11 Å². The Morgan fingerprint density at radius 3 is 2.50 bits per heavy atom. The van der Waals surface area contributed by atoms with Gasteiger partial charge in [-0.25, -0.2) is 0 Å². The van der Waals surface area contributed by atoms with E-state index in [0.717, 1.165) is 16.9 Å². The largest absolute Gasteiger partial charge is 0.491 e. The molecule has 0 aliphatic carbocycles. The minimum atomic E-state index is -0.507. The fourth-order valence-electron chi connectivity index (χ4n) is 2.25. The van der Waals surface area contributed by atoms with Crippen molar-refractivity contribution in [3.8, 4) is 5.75 Å². The topological polar surface area (TPSA) is 29.5 Å². The lowest BCUT2D eigenvalue weighted by Gasteiger charge is -2.14. The molecule has 0 radical (unpaired) electrons. The van der Waals surface area contributed by atoms with Crippen LogP contribution in [0.25, 0.3) is 0 Å². The van der Waals surface area contributed by atoms with Gasteiger partial charge in [0.2, 0.25) is 0 Å². The number of rotatable bonds is 5. The van der Waals surface area contributed by atoms with Gasteiger partial charge in [-0.2, -0.15) is 0 Å². The smallest absolute Gasteiger partial charge is 0.120 e. The molecule has 0 saturated carbocycles. The molecule has 0 aliphatic rings. The zero-order chi connectivity index (χ0) is 14.5. The molecule has 2 rings (SSSR count). The van der Waals surface area contributed by atoms with Crippen LogP contribution in [0.2, 0.25) is 0 Å². The van der Waals surface area contributed by atoms with Gasteiger partial charge < -0.3 is 9.84 Å². The van der Waals surface area contributed by atoms with Crippen molar-refractivity contribution in [3.05, 3.63) is 65.2 Å². The fraction of sp³-hybridized carbons (Fsp3) is 0.333. The van der Waals surface area contributed by atoms with E-state index >= 15 is 0 Å². The summed E-state index contributed by atoms with van der Waals surface area (Å²) in [5.41, 5.74) is 3.25. The summed E-state index contributed by atoms with van der Waals surface area (Å²) in [4.78, 5) is 0. The van der Waals surface area contributed by atoms with E-state index in [1.54, 1.807) is 0 Å². The lowest BCUT2D eigenvalue weighted by Crippen LogP contribution is -2.07. The summed E-state index contributed by atoms with van der Waals surface area (Å²) in [6.45, 7) is 6.05. The highest BCUT2D eigenvalue weighted by molar-refractivity contribution is 5.31. The second-order valence-electron chi connectivity index (χ2n) is 5.45. The normalized spacial score (nSPS) is 12.4. The van der Waals surface area contributed by atoms with E-state index in [1.807, 2.05) is 50.2 Å². The first kappa shape index (κ1) is 14.6. The summed E-state index contributed by atoms with van der Waals surface area (Å²) in [6.07, 6.45) is 0.249. The van der Waals surface area contributed by atoms with E-state index < -0.39 is 6.10 Å². The highest BCUT2D eigenvalue weighted by atomic mass is 16.5. The lowest BCUT2D eigenvalue weighted by atomic mass is 10.00. The van der Waals surface area contributed by atoms with Crippen LogP contribution >= 0.6 is 0 Å². The van der Waals surface area contributed by atoms with E-state index in [2.05, 4.69) is 19.1 Å². The molecule has 20 heavy (non-hydrogen) atoms. The Morgan fingerprint density at radius 1 is 1.05 bits per heavy atom. The predicted molar refractivity (Wildman–Crippen MR) is 82.0 cm³/mol. The molecule has 0 amide bonds. The molecule has 1 unspecified atom stereocenters. The highest BCUT2D eigenvalue weighted by Gasteiger charge is 2.10. The first-order valence-electron chi connectivity index (χ1n) is 7.05. The van der Waals surface area contributed by atoms with Crippen LogP contribution in [-0.2, 0) is 6.42 Å². The van der Waals surface area contributed by atoms with Crippen molar-refractivity contribution in [1.82, 2.24) is 0 Å². The molecular weight excluding hydrogens is 248 g/mol. The average molecular weight is 270 g/mol. The van der Waals surface area contributed by atoms with Crippen molar-refractivity contribution >= 4 is 0 Å². The van der Waals surface area contributed by atoms with Gasteiger partial charge in [-0.3, -0.25) is 0 Å². The van der Waals surface area contributed by atoms with Crippen molar-refractivity contribution in [2.75, 3.05) is 0 Å². The Morgan fingerprint density at radius 2 is 1.80 bits per heavy atom. The zero-order valence-corrected chi connectivity index (χ0v) is 12.3. The van der Waals surface area contributed by atoms with E-state index in [1.165, 1.54) is 5.56 Å². The van der Waals surface area contributed by atoms with Crippen LogP contribution in [0, 0.1) is 6.92 Å². The lowest BCUT2D eigenvalue weighted by molar-refractivity contribution is 0.177. The molecule has 0 heterocycles. The molecule has 1 N–H and O–H groups in total. The van der Waals surface area contributed by atoms with Crippen molar-refractivity contribution in [3.63, 3.8) is 0 Å². The van der Waals surface area contributed by atoms with E-state index in [-0.39, 0.29) is 6.10 Å². The summed E-state index contributed by atoms with van der Waals surface area (Å²) in [7, 11) is 0. The van der Waals surface area contributed by atoms with Crippen LogP contribution in [0.5, 0.6) is 5.75 Å². The molecule has 106 valence electrons. The Balaban J connectivity index is 2.10. The third-order valence-corrected chi connectivity index (χ3v) is 3.13. The summed E-state index contributed by atoms with van der Waals surface area (Å²) in [5, 5.41) is 10.4. The molecule has 0 bridgehead atoms. The first-order chi connectivity index (χ1) is 9.54. The van der Waals surface area contributed by atoms with Crippen LogP contribution in [0.1, 0.15) is 36.6 Å². The standard InChI is InChI=1S/C18H22O2/c1-13(2)20-17-9-5-8-16(12-17)18(19)11-15-7-4-6-14(3)10-15/h4-10,12-13,18-19H,11H2,1-3H3. The van der Waals surface area contributed by atoms with Crippen LogP contribution in [0.3, 0.4) is 0 Å². The second-order valence-corrected chi connectivity index (χ2v) is 5.45. The van der Waals surface area contributed by atoms with Gasteiger partial charge in [0.1, 0.15) is 5.75 Å². The van der Waals surface area contributed by atoms with Crippen molar-refractivity contribution in [2.45, 2.75) is 39.4 Å². The Labute approximate surface area is 121 Å². The zero-order valence-electron chi connectivity index (χ0n) is 12.3. The number of ether oxygens (including phenoxy) is 1. The number of aliphatic hydroxyl groups excluding tert-OH is 1. The SMILES string of the molecule is Cc1cccc(CC(O)c2cccc(OC(C)C)c2)c1. The Bertz CT molecular complexity index is 561. The molecule has 0 spiro atoms. The number of hydrogen-bond acceptors (Lipinski definition) is 2. The van der Waals surface area contributed by atoms with Crippen LogP contribution in [0.4, 0.5) is 0 Å². The number of aliphatic hydroxyl groups is 1. The fourth-order valence-corrected chi connectivity index (χ4v) is 2.25. The van der Waals surface area contributed by atoms with Gasteiger partial charge in [0.05, 0.1) is 12.2 Å². The monoisotopic (exact) mass is 270 g/mol. The van der Waals surface area contributed by atoms with Crippen molar-refractivity contribution < 1.29 is 9.84 Å².